The van der Waals surface area contributed by atoms with E-state index < -0.39 is 0 Å². The van der Waals surface area contributed by atoms with E-state index in [0.29, 0.717) is 5.02 Å². The molecule has 0 bridgehead atoms. The third-order valence-corrected chi connectivity index (χ3v) is 3.24. The lowest BCUT2D eigenvalue weighted by molar-refractivity contribution is 0.698. The van der Waals surface area contributed by atoms with Crippen molar-refractivity contribution in [1.82, 2.24) is 9.78 Å². The van der Waals surface area contributed by atoms with Gasteiger partial charge in [-0.05, 0) is 31.0 Å². The predicted molar refractivity (Wildman–Crippen MR) is 70.5 cm³/mol. The Morgan fingerprint density at radius 2 is 2.00 bits per heavy atom. The monoisotopic (exact) mass is 249 g/mol. The van der Waals surface area contributed by atoms with Crippen molar-refractivity contribution in [3.8, 4) is 5.69 Å². The molecule has 0 aliphatic rings. The van der Waals surface area contributed by atoms with Gasteiger partial charge in [0.05, 0.1) is 16.4 Å². The van der Waals surface area contributed by atoms with E-state index in [2.05, 4.69) is 12.0 Å². The van der Waals surface area contributed by atoms with Crippen molar-refractivity contribution in [2.75, 3.05) is 0 Å². The fourth-order valence-electron chi connectivity index (χ4n) is 1.68. The lowest BCUT2D eigenvalue weighted by Crippen LogP contribution is -2.08. The molecule has 4 heteroatoms. The lowest BCUT2D eigenvalue weighted by atomic mass is 10.1. The van der Waals surface area contributed by atoms with Crippen molar-refractivity contribution in [3.05, 3.63) is 46.7 Å². The average molecular weight is 250 g/mol. The van der Waals surface area contributed by atoms with Crippen LogP contribution in [0.25, 0.3) is 5.69 Å². The molecule has 3 nitrogen and oxygen atoms in total. The van der Waals surface area contributed by atoms with Gasteiger partial charge in [-0.3, -0.25) is 0 Å². The second-order valence-corrected chi connectivity index (χ2v) is 4.52. The van der Waals surface area contributed by atoms with Gasteiger partial charge in [0.25, 0.3) is 0 Å². The molecule has 0 aliphatic carbocycles. The van der Waals surface area contributed by atoms with Crippen molar-refractivity contribution in [2.24, 2.45) is 5.73 Å². The van der Waals surface area contributed by atoms with Crippen LogP contribution in [-0.2, 0) is 0 Å². The minimum Gasteiger partial charge on any atom is -0.324 e. The van der Waals surface area contributed by atoms with Gasteiger partial charge >= 0.3 is 0 Å². The first-order valence-electron chi connectivity index (χ1n) is 5.69. The maximum absolute atomic E-state index is 5.98. The molecule has 1 aromatic carbocycles. The lowest BCUT2D eigenvalue weighted by Gasteiger charge is -2.09. The molecule has 90 valence electrons. The number of hydrogen-bond acceptors (Lipinski definition) is 2. The van der Waals surface area contributed by atoms with Crippen LogP contribution in [0.15, 0.2) is 30.5 Å². The quantitative estimate of drug-likeness (QED) is 0.908. The molecule has 0 amide bonds. The zero-order valence-corrected chi connectivity index (χ0v) is 10.8. The highest BCUT2D eigenvalue weighted by atomic mass is 35.5. The van der Waals surface area contributed by atoms with Crippen molar-refractivity contribution in [1.29, 1.82) is 0 Å². The molecule has 1 atom stereocenters. The Morgan fingerprint density at radius 3 is 2.47 bits per heavy atom. The summed E-state index contributed by atoms with van der Waals surface area (Å²) in [7, 11) is 0. The largest absolute Gasteiger partial charge is 0.324 e. The van der Waals surface area contributed by atoms with E-state index >= 15 is 0 Å². The summed E-state index contributed by atoms with van der Waals surface area (Å²) in [6.07, 6.45) is 2.75. The zero-order valence-electron chi connectivity index (χ0n) is 10.0. The molecule has 2 N–H and O–H groups in total. The Morgan fingerprint density at radius 1 is 1.35 bits per heavy atom. The van der Waals surface area contributed by atoms with Gasteiger partial charge in [-0.15, -0.1) is 0 Å². The van der Waals surface area contributed by atoms with E-state index in [1.165, 1.54) is 0 Å². The first-order valence-corrected chi connectivity index (χ1v) is 6.07. The normalized spacial score (nSPS) is 12.7. The van der Waals surface area contributed by atoms with Crippen molar-refractivity contribution in [2.45, 2.75) is 26.3 Å². The summed E-state index contributed by atoms with van der Waals surface area (Å²) in [4.78, 5) is 0. The Kier molecular flexibility index (Phi) is 3.50. The Hall–Kier alpha value is -1.32. The van der Waals surface area contributed by atoms with Gasteiger partial charge in [0, 0.05) is 12.2 Å². The van der Waals surface area contributed by atoms with Crippen LogP contribution < -0.4 is 5.73 Å². The number of aryl methyl sites for hydroxylation is 1. The molecule has 0 radical (unpaired) electrons. The molecule has 0 unspecified atom stereocenters. The molecular formula is C13H16ClN3. The summed E-state index contributed by atoms with van der Waals surface area (Å²) in [6.45, 7) is 3.97. The van der Waals surface area contributed by atoms with Gasteiger partial charge in [-0.1, -0.05) is 30.7 Å². The highest BCUT2D eigenvalue weighted by molar-refractivity contribution is 6.31. The molecule has 1 aromatic heterocycles. The topological polar surface area (TPSA) is 43.8 Å². The molecule has 0 aliphatic heterocycles. The van der Waals surface area contributed by atoms with Crippen molar-refractivity contribution < 1.29 is 0 Å². The number of benzene rings is 1. The van der Waals surface area contributed by atoms with E-state index in [1.807, 2.05) is 37.4 Å². The SMILES string of the molecule is CC[C@H](N)c1ccc(-n2cc(Cl)c(C)n2)cc1. The molecule has 2 rings (SSSR count). The molecule has 2 aromatic rings. The summed E-state index contributed by atoms with van der Waals surface area (Å²) < 4.78 is 1.78. The molecule has 0 spiro atoms. The van der Waals surface area contributed by atoms with Crippen LogP contribution in [0, 0.1) is 6.92 Å². The van der Waals surface area contributed by atoms with Crippen LogP contribution in [0.4, 0.5) is 0 Å². The van der Waals surface area contributed by atoms with Crippen LogP contribution in [0.5, 0.6) is 0 Å². The highest BCUT2D eigenvalue weighted by Crippen LogP contribution is 2.19. The standard InChI is InChI=1S/C13H16ClN3/c1-3-13(15)10-4-6-11(7-5-10)17-8-12(14)9(2)16-17/h4-8,13H,3,15H2,1-2H3/t13-/m0/s1. The highest BCUT2D eigenvalue weighted by Gasteiger charge is 2.06. The van der Waals surface area contributed by atoms with Crippen LogP contribution in [0.1, 0.15) is 30.6 Å². The predicted octanol–water partition coefficient (Wildman–Crippen LogP) is 3.24. The zero-order chi connectivity index (χ0) is 12.4. The van der Waals surface area contributed by atoms with E-state index in [1.54, 1.807) is 4.68 Å². The summed E-state index contributed by atoms with van der Waals surface area (Å²) in [5.41, 5.74) is 8.94. The number of nitrogens with two attached hydrogens (primary N) is 1. The maximum Gasteiger partial charge on any atom is 0.0819 e. The number of halogens is 1. The van der Waals surface area contributed by atoms with E-state index in [0.717, 1.165) is 23.4 Å². The number of hydrogen-bond donors (Lipinski definition) is 1. The summed E-state index contributed by atoms with van der Waals surface area (Å²) in [5, 5.41) is 5.01. The van der Waals surface area contributed by atoms with E-state index in [4.69, 9.17) is 17.3 Å². The van der Waals surface area contributed by atoms with Gasteiger partial charge < -0.3 is 5.73 Å². The van der Waals surface area contributed by atoms with Gasteiger partial charge in [0.1, 0.15) is 0 Å². The van der Waals surface area contributed by atoms with Gasteiger partial charge in [0.2, 0.25) is 0 Å². The van der Waals surface area contributed by atoms with Gasteiger partial charge in [0.15, 0.2) is 0 Å². The van der Waals surface area contributed by atoms with Gasteiger partial charge in [-0.25, -0.2) is 4.68 Å². The number of nitrogens with zero attached hydrogens (tertiary/aromatic N) is 2. The summed E-state index contributed by atoms with van der Waals surface area (Å²) in [5.74, 6) is 0. The second kappa shape index (κ2) is 4.90. The van der Waals surface area contributed by atoms with Gasteiger partial charge in [-0.2, -0.15) is 5.10 Å². The fourth-order valence-corrected chi connectivity index (χ4v) is 1.81. The maximum atomic E-state index is 5.98. The first kappa shape index (κ1) is 12.1. The smallest absolute Gasteiger partial charge is 0.0819 e. The van der Waals surface area contributed by atoms with E-state index in [9.17, 15) is 0 Å². The van der Waals surface area contributed by atoms with E-state index in [-0.39, 0.29) is 6.04 Å². The molecule has 0 saturated heterocycles. The molecule has 0 saturated carbocycles. The fraction of sp³-hybridized carbons (Fsp3) is 0.308. The van der Waals surface area contributed by atoms with Crippen molar-refractivity contribution in [3.63, 3.8) is 0 Å². The van der Waals surface area contributed by atoms with Crippen LogP contribution >= 0.6 is 11.6 Å². The number of rotatable bonds is 3. The van der Waals surface area contributed by atoms with Crippen LogP contribution in [-0.4, -0.2) is 9.78 Å². The third-order valence-electron chi connectivity index (χ3n) is 2.86. The van der Waals surface area contributed by atoms with Crippen LogP contribution in [0.3, 0.4) is 0 Å². The molecule has 1 heterocycles. The minimum absolute atomic E-state index is 0.104. The first-order chi connectivity index (χ1) is 8.11. The second-order valence-electron chi connectivity index (χ2n) is 4.11. The average Bonchev–Trinajstić information content (AvgIpc) is 2.69. The molecular weight excluding hydrogens is 234 g/mol. The minimum atomic E-state index is 0.104. The summed E-state index contributed by atoms with van der Waals surface area (Å²) in [6, 6.07) is 8.19. The summed E-state index contributed by atoms with van der Waals surface area (Å²) >= 11 is 5.98. The Labute approximate surface area is 106 Å². The Balaban J connectivity index is 2.29. The number of aromatic nitrogens is 2. The molecule has 17 heavy (non-hydrogen) atoms. The van der Waals surface area contributed by atoms with Crippen LogP contribution in [0.2, 0.25) is 5.02 Å². The van der Waals surface area contributed by atoms with Crippen molar-refractivity contribution >= 4 is 11.6 Å². The molecule has 0 fully saturated rings. The third kappa shape index (κ3) is 2.51. The Bertz CT molecular complexity index is 482.